The second-order valence-corrected chi connectivity index (χ2v) is 4.41. The normalized spacial score (nSPS) is 37.4. The highest BCUT2D eigenvalue weighted by Gasteiger charge is 2.41. The first kappa shape index (κ1) is 7.60. The highest BCUT2D eigenvalue weighted by molar-refractivity contribution is 5.85. The number of fused-ring (bicyclic) bond motifs is 3. The molecule has 2 atom stereocenters. The monoisotopic (exact) mass is 177 g/mol. The first-order valence-corrected chi connectivity index (χ1v) is 5.36. The summed E-state index contributed by atoms with van der Waals surface area (Å²) in [6.45, 7) is 1.19. The van der Waals surface area contributed by atoms with Gasteiger partial charge in [0.15, 0.2) is 0 Å². The molecule has 1 aliphatic carbocycles. The van der Waals surface area contributed by atoms with Gasteiger partial charge < -0.3 is 4.90 Å². The molecule has 0 bridgehead atoms. The maximum absolute atomic E-state index is 11.6. The van der Waals surface area contributed by atoms with Gasteiger partial charge >= 0.3 is 0 Å². The molecule has 0 N–H and O–H groups in total. The van der Waals surface area contributed by atoms with Gasteiger partial charge in [0.1, 0.15) is 5.78 Å². The van der Waals surface area contributed by atoms with Crippen molar-refractivity contribution in [1.82, 2.24) is 4.90 Å². The van der Waals surface area contributed by atoms with E-state index < -0.39 is 0 Å². The zero-order valence-electron chi connectivity index (χ0n) is 7.83. The number of carbonyl (C=O) groups is 1. The average molecular weight is 177 g/mol. The number of rotatable bonds is 0. The summed E-state index contributed by atoms with van der Waals surface area (Å²) in [4.78, 5) is 14.1. The lowest BCUT2D eigenvalue weighted by molar-refractivity contribution is -0.124. The van der Waals surface area contributed by atoms with Crippen LogP contribution in [0.4, 0.5) is 0 Å². The quantitative estimate of drug-likeness (QED) is 0.561. The molecule has 2 nitrogen and oxygen atoms in total. The molecule has 2 heteroatoms. The summed E-state index contributed by atoms with van der Waals surface area (Å²) in [6, 6.07) is 0.554. The lowest BCUT2D eigenvalue weighted by Crippen LogP contribution is -2.38. The van der Waals surface area contributed by atoms with Crippen LogP contribution >= 0.6 is 0 Å². The van der Waals surface area contributed by atoms with Crippen LogP contribution in [0.3, 0.4) is 0 Å². The number of allylic oxidation sites excluding steroid dienone is 1. The molecule has 0 aromatic carbocycles. The summed E-state index contributed by atoms with van der Waals surface area (Å²) in [5, 5.41) is 0. The van der Waals surface area contributed by atoms with E-state index in [2.05, 4.69) is 11.0 Å². The Morgan fingerprint density at radius 2 is 2.23 bits per heavy atom. The largest absolute Gasteiger partial charge is 0.371 e. The fraction of sp³-hybridized carbons (Fsp3) is 0.727. The maximum Gasteiger partial charge on any atom is 0.141 e. The van der Waals surface area contributed by atoms with Gasteiger partial charge in [-0.15, -0.1) is 0 Å². The van der Waals surface area contributed by atoms with Crippen molar-refractivity contribution in [2.45, 2.75) is 38.1 Å². The van der Waals surface area contributed by atoms with Gasteiger partial charge in [-0.05, 0) is 25.7 Å². The standard InChI is InChI=1S/C11H15NO/c13-11-5-1-4-10-9(11)7-8-3-2-6-12(8)10/h7,9-10H,1-6H2. The Morgan fingerprint density at radius 3 is 3.15 bits per heavy atom. The van der Waals surface area contributed by atoms with Gasteiger partial charge in [0.25, 0.3) is 0 Å². The Morgan fingerprint density at radius 1 is 1.31 bits per heavy atom. The predicted molar refractivity (Wildman–Crippen MR) is 50.2 cm³/mol. The molecule has 2 aliphatic heterocycles. The molecule has 3 rings (SSSR count). The van der Waals surface area contributed by atoms with Crippen LogP contribution in [0.25, 0.3) is 0 Å². The summed E-state index contributed by atoms with van der Waals surface area (Å²) in [5.41, 5.74) is 1.46. The third kappa shape index (κ3) is 0.976. The number of Topliss-reactive ketones (excluding diaryl/α,β-unsaturated/α-hetero) is 1. The fourth-order valence-corrected chi connectivity index (χ4v) is 3.08. The van der Waals surface area contributed by atoms with Gasteiger partial charge in [-0.3, -0.25) is 4.79 Å². The minimum Gasteiger partial charge on any atom is -0.371 e. The van der Waals surface area contributed by atoms with Crippen LogP contribution in [-0.2, 0) is 4.79 Å². The number of hydrogen-bond acceptors (Lipinski definition) is 2. The third-order valence-corrected chi connectivity index (χ3v) is 3.68. The van der Waals surface area contributed by atoms with Crippen molar-refractivity contribution in [2.24, 2.45) is 5.92 Å². The highest BCUT2D eigenvalue weighted by atomic mass is 16.1. The first-order chi connectivity index (χ1) is 6.36. The van der Waals surface area contributed by atoms with E-state index >= 15 is 0 Å². The molecule has 2 unspecified atom stereocenters. The van der Waals surface area contributed by atoms with E-state index in [9.17, 15) is 4.79 Å². The van der Waals surface area contributed by atoms with Crippen molar-refractivity contribution in [3.8, 4) is 0 Å². The van der Waals surface area contributed by atoms with E-state index in [0.29, 0.717) is 11.8 Å². The minimum atomic E-state index is 0.268. The first-order valence-electron chi connectivity index (χ1n) is 5.36. The summed E-state index contributed by atoms with van der Waals surface area (Å²) in [7, 11) is 0. The van der Waals surface area contributed by atoms with Crippen molar-refractivity contribution >= 4 is 5.78 Å². The van der Waals surface area contributed by atoms with Crippen LogP contribution in [-0.4, -0.2) is 23.3 Å². The molecule has 2 fully saturated rings. The van der Waals surface area contributed by atoms with E-state index in [0.717, 1.165) is 12.8 Å². The molecule has 0 aromatic heterocycles. The molecule has 1 saturated carbocycles. The molecule has 0 aromatic rings. The Kier molecular flexibility index (Phi) is 1.52. The zero-order valence-corrected chi connectivity index (χ0v) is 7.83. The van der Waals surface area contributed by atoms with Gasteiger partial charge in [0.05, 0.1) is 5.92 Å². The van der Waals surface area contributed by atoms with E-state index in [1.54, 1.807) is 0 Å². The van der Waals surface area contributed by atoms with Gasteiger partial charge in [-0.25, -0.2) is 0 Å². The van der Waals surface area contributed by atoms with Gasteiger partial charge in [0, 0.05) is 24.7 Å². The Labute approximate surface area is 78.6 Å². The van der Waals surface area contributed by atoms with Crippen molar-refractivity contribution in [2.75, 3.05) is 6.54 Å². The smallest absolute Gasteiger partial charge is 0.141 e. The van der Waals surface area contributed by atoms with E-state index in [1.807, 2.05) is 0 Å². The van der Waals surface area contributed by atoms with Crippen molar-refractivity contribution < 1.29 is 4.79 Å². The molecule has 0 radical (unpaired) electrons. The van der Waals surface area contributed by atoms with Crippen LogP contribution in [0.2, 0.25) is 0 Å². The molecule has 0 spiro atoms. The average Bonchev–Trinajstić information content (AvgIpc) is 2.65. The molecule has 3 aliphatic rings. The predicted octanol–water partition coefficient (Wildman–Crippen LogP) is 1.72. The molecular weight excluding hydrogens is 162 g/mol. The van der Waals surface area contributed by atoms with Gasteiger partial charge in [0.2, 0.25) is 0 Å². The molecule has 1 saturated heterocycles. The SMILES string of the molecule is O=C1CCCC2C1C=C1CCCN12. The van der Waals surface area contributed by atoms with E-state index in [1.165, 1.54) is 31.5 Å². The molecular formula is C11H15NO. The number of ketones is 1. The number of nitrogens with zero attached hydrogens (tertiary/aromatic N) is 1. The van der Waals surface area contributed by atoms with Crippen LogP contribution in [0, 0.1) is 5.92 Å². The molecule has 0 amide bonds. The molecule has 13 heavy (non-hydrogen) atoms. The van der Waals surface area contributed by atoms with E-state index in [-0.39, 0.29) is 5.92 Å². The second kappa shape index (κ2) is 2.60. The van der Waals surface area contributed by atoms with Crippen LogP contribution < -0.4 is 0 Å². The summed E-state index contributed by atoms with van der Waals surface area (Å²) in [5.74, 6) is 0.752. The zero-order chi connectivity index (χ0) is 8.84. The summed E-state index contributed by atoms with van der Waals surface area (Å²) < 4.78 is 0. The third-order valence-electron chi connectivity index (χ3n) is 3.68. The minimum absolute atomic E-state index is 0.268. The molecule has 70 valence electrons. The van der Waals surface area contributed by atoms with Crippen molar-refractivity contribution in [1.29, 1.82) is 0 Å². The van der Waals surface area contributed by atoms with E-state index in [4.69, 9.17) is 0 Å². The van der Waals surface area contributed by atoms with Crippen LogP contribution in [0.15, 0.2) is 11.8 Å². The second-order valence-electron chi connectivity index (χ2n) is 4.41. The lowest BCUT2D eigenvalue weighted by atomic mass is 9.84. The van der Waals surface area contributed by atoms with Gasteiger partial charge in [-0.2, -0.15) is 0 Å². The topological polar surface area (TPSA) is 20.3 Å². The highest BCUT2D eigenvalue weighted by Crippen LogP contribution is 2.40. The van der Waals surface area contributed by atoms with Crippen molar-refractivity contribution in [3.05, 3.63) is 11.8 Å². The lowest BCUT2D eigenvalue weighted by Gasteiger charge is -2.31. The van der Waals surface area contributed by atoms with Crippen molar-refractivity contribution in [3.63, 3.8) is 0 Å². The summed E-state index contributed by atoms with van der Waals surface area (Å²) in [6.07, 6.45) is 7.91. The Balaban J connectivity index is 1.93. The van der Waals surface area contributed by atoms with Gasteiger partial charge in [-0.1, -0.05) is 6.08 Å². The van der Waals surface area contributed by atoms with Crippen LogP contribution in [0.5, 0.6) is 0 Å². The Bertz CT molecular complexity index is 282. The fourth-order valence-electron chi connectivity index (χ4n) is 3.08. The Hall–Kier alpha value is -0.790. The molecule has 2 heterocycles. The number of carbonyl (C=O) groups excluding carboxylic acids is 1. The number of hydrogen-bond donors (Lipinski definition) is 0. The van der Waals surface area contributed by atoms with Crippen LogP contribution in [0.1, 0.15) is 32.1 Å². The summed E-state index contributed by atoms with van der Waals surface area (Å²) >= 11 is 0. The maximum atomic E-state index is 11.6.